The SMILES string of the molecule is Cc1nc(Cl)nn1C. The van der Waals surface area contributed by atoms with E-state index < -0.39 is 0 Å². The zero-order valence-corrected chi connectivity index (χ0v) is 5.48. The van der Waals surface area contributed by atoms with Crippen molar-refractivity contribution in [2.24, 2.45) is 7.05 Å². The summed E-state index contributed by atoms with van der Waals surface area (Å²) in [5.41, 5.74) is 0. The fourth-order valence-corrected chi connectivity index (χ4v) is 0.660. The van der Waals surface area contributed by atoms with Gasteiger partial charge in [-0.25, -0.2) is 4.98 Å². The first kappa shape index (κ1) is 5.56. The summed E-state index contributed by atoms with van der Waals surface area (Å²) in [5, 5.41) is 4.09. The molecule has 0 spiro atoms. The van der Waals surface area contributed by atoms with Crippen molar-refractivity contribution in [1.29, 1.82) is 0 Å². The van der Waals surface area contributed by atoms with Crippen LogP contribution < -0.4 is 0 Å². The molecule has 4 heteroatoms. The summed E-state index contributed by atoms with van der Waals surface area (Å²) >= 11 is 5.42. The van der Waals surface area contributed by atoms with Gasteiger partial charge < -0.3 is 0 Å². The van der Waals surface area contributed by atoms with Gasteiger partial charge in [-0.2, -0.15) is 0 Å². The Morgan fingerprint density at radius 1 is 1.62 bits per heavy atom. The van der Waals surface area contributed by atoms with Crippen molar-refractivity contribution >= 4 is 11.6 Å². The summed E-state index contributed by atoms with van der Waals surface area (Å²) in [7, 11) is 1.80. The number of hydrogen-bond donors (Lipinski definition) is 0. The lowest BCUT2D eigenvalue weighted by Gasteiger charge is -1.84. The fourth-order valence-electron chi connectivity index (χ4n) is 0.424. The molecule has 1 rings (SSSR count). The molecule has 0 unspecified atom stereocenters. The Hall–Kier alpha value is -0.570. The maximum atomic E-state index is 5.42. The van der Waals surface area contributed by atoms with Gasteiger partial charge in [0.05, 0.1) is 0 Å². The van der Waals surface area contributed by atoms with E-state index in [1.54, 1.807) is 11.7 Å². The number of aryl methyl sites for hydroxylation is 2. The molecule has 0 atom stereocenters. The Kier molecular flexibility index (Phi) is 1.21. The van der Waals surface area contributed by atoms with Crippen molar-refractivity contribution in [2.75, 3.05) is 0 Å². The highest BCUT2D eigenvalue weighted by Gasteiger charge is 1.95. The van der Waals surface area contributed by atoms with Gasteiger partial charge in [0.25, 0.3) is 0 Å². The number of nitrogens with zero attached hydrogens (tertiary/aromatic N) is 3. The highest BCUT2D eigenvalue weighted by Crippen LogP contribution is 1.98. The van der Waals surface area contributed by atoms with E-state index in [0.29, 0.717) is 5.28 Å². The van der Waals surface area contributed by atoms with Crippen LogP contribution in [0.4, 0.5) is 0 Å². The van der Waals surface area contributed by atoms with Crippen molar-refractivity contribution < 1.29 is 0 Å². The minimum absolute atomic E-state index is 0.310. The summed E-state index contributed by atoms with van der Waals surface area (Å²) in [4.78, 5) is 3.83. The monoisotopic (exact) mass is 131 g/mol. The van der Waals surface area contributed by atoms with Gasteiger partial charge in [-0.1, -0.05) is 0 Å². The van der Waals surface area contributed by atoms with Crippen molar-refractivity contribution in [3.8, 4) is 0 Å². The van der Waals surface area contributed by atoms with Crippen LogP contribution in [0, 0.1) is 6.92 Å². The quantitative estimate of drug-likeness (QED) is 0.521. The third kappa shape index (κ3) is 0.816. The van der Waals surface area contributed by atoms with E-state index in [0.717, 1.165) is 5.82 Å². The van der Waals surface area contributed by atoms with E-state index in [2.05, 4.69) is 10.1 Å². The molecule has 0 aliphatic rings. The van der Waals surface area contributed by atoms with Gasteiger partial charge in [0, 0.05) is 7.05 Å². The van der Waals surface area contributed by atoms with Crippen LogP contribution in [-0.4, -0.2) is 14.8 Å². The molecular formula is C4H6ClN3. The molecule has 1 aromatic rings. The molecule has 1 heterocycles. The first-order valence-corrected chi connectivity index (χ1v) is 2.61. The van der Waals surface area contributed by atoms with Gasteiger partial charge in [-0.05, 0) is 18.5 Å². The predicted molar refractivity (Wildman–Crippen MR) is 30.7 cm³/mol. The van der Waals surface area contributed by atoms with Crippen molar-refractivity contribution in [3.05, 3.63) is 11.1 Å². The summed E-state index contributed by atoms with van der Waals surface area (Å²) in [5.74, 6) is 0.829. The molecule has 0 saturated heterocycles. The molecule has 0 amide bonds. The van der Waals surface area contributed by atoms with E-state index in [4.69, 9.17) is 11.6 Å². The lowest BCUT2D eigenvalue weighted by atomic mass is 10.7. The normalized spacial score (nSPS) is 9.88. The predicted octanol–water partition coefficient (Wildman–Crippen LogP) is 0.777. The lowest BCUT2D eigenvalue weighted by molar-refractivity contribution is 0.734. The van der Waals surface area contributed by atoms with Gasteiger partial charge in [0.1, 0.15) is 5.82 Å². The standard InChI is InChI=1S/C4H6ClN3/c1-3-6-4(5)7-8(3)2/h1-2H3. The Morgan fingerprint density at radius 2 is 2.25 bits per heavy atom. The average Bonchev–Trinajstić information content (AvgIpc) is 1.85. The second-order valence-corrected chi connectivity index (χ2v) is 1.89. The number of aromatic nitrogens is 3. The van der Waals surface area contributed by atoms with Crippen LogP contribution in [0.2, 0.25) is 5.28 Å². The second kappa shape index (κ2) is 1.74. The van der Waals surface area contributed by atoms with Gasteiger partial charge in [-0.3, -0.25) is 4.68 Å². The van der Waals surface area contributed by atoms with Gasteiger partial charge in [0.2, 0.25) is 5.28 Å². The molecule has 44 valence electrons. The van der Waals surface area contributed by atoms with E-state index in [9.17, 15) is 0 Å². The Bertz CT molecular complexity index is 174. The minimum Gasteiger partial charge on any atom is -0.252 e. The summed E-state index contributed by atoms with van der Waals surface area (Å²) in [6.45, 7) is 1.85. The zero-order valence-electron chi connectivity index (χ0n) is 4.72. The highest BCUT2D eigenvalue weighted by atomic mass is 35.5. The number of hydrogen-bond acceptors (Lipinski definition) is 2. The minimum atomic E-state index is 0.310. The number of halogens is 1. The van der Waals surface area contributed by atoms with Crippen molar-refractivity contribution in [3.63, 3.8) is 0 Å². The molecular weight excluding hydrogens is 126 g/mol. The number of rotatable bonds is 0. The first-order valence-electron chi connectivity index (χ1n) is 2.23. The third-order valence-electron chi connectivity index (χ3n) is 0.955. The van der Waals surface area contributed by atoms with Crippen molar-refractivity contribution in [2.45, 2.75) is 6.92 Å². The molecule has 0 aliphatic heterocycles. The first-order chi connectivity index (χ1) is 3.70. The van der Waals surface area contributed by atoms with Crippen molar-refractivity contribution in [1.82, 2.24) is 14.8 Å². The molecule has 8 heavy (non-hydrogen) atoms. The van der Waals surface area contributed by atoms with E-state index in [1.165, 1.54) is 0 Å². The average molecular weight is 132 g/mol. The van der Waals surface area contributed by atoms with Crippen LogP contribution in [0.5, 0.6) is 0 Å². The highest BCUT2D eigenvalue weighted by molar-refractivity contribution is 6.28. The molecule has 0 radical (unpaired) electrons. The Balaban J connectivity index is 3.14. The summed E-state index contributed by atoms with van der Waals surface area (Å²) < 4.78 is 1.63. The molecule has 0 fully saturated rings. The molecule has 0 bridgehead atoms. The topological polar surface area (TPSA) is 30.7 Å². The van der Waals surface area contributed by atoms with Gasteiger partial charge in [-0.15, -0.1) is 5.10 Å². The molecule has 0 aliphatic carbocycles. The molecule has 0 N–H and O–H groups in total. The molecule has 3 nitrogen and oxygen atoms in total. The van der Waals surface area contributed by atoms with Gasteiger partial charge >= 0.3 is 0 Å². The summed E-state index contributed by atoms with van der Waals surface area (Å²) in [6.07, 6.45) is 0. The van der Waals surface area contributed by atoms with E-state index in [-0.39, 0.29) is 0 Å². The second-order valence-electron chi connectivity index (χ2n) is 1.55. The molecule has 0 aromatic carbocycles. The van der Waals surface area contributed by atoms with Crippen LogP contribution in [-0.2, 0) is 7.05 Å². The van der Waals surface area contributed by atoms with Crippen LogP contribution in [0.15, 0.2) is 0 Å². The maximum absolute atomic E-state index is 5.42. The lowest BCUT2D eigenvalue weighted by Crippen LogP contribution is -1.91. The van der Waals surface area contributed by atoms with Crippen LogP contribution in [0.1, 0.15) is 5.82 Å². The van der Waals surface area contributed by atoms with Crippen LogP contribution >= 0.6 is 11.6 Å². The van der Waals surface area contributed by atoms with E-state index >= 15 is 0 Å². The van der Waals surface area contributed by atoms with Gasteiger partial charge in [0.15, 0.2) is 0 Å². The molecule has 0 saturated carbocycles. The van der Waals surface area contributed by atoms with Crippen LogP contribution in [0.3, 0.4) is 0 Å². The van der Waals surface area contributed by atoms with Crippen LogP contribution in [0.25, 0.3) is 0 Å². The fraction of sp³-hybridized carbons (Fsp3) is 0.500. The third-order valence-corrected chi connectivity index (χ3v) is 1.12. The summed E-state index contributed by atoms with van der Waals surface area (Å²) in [6, 6.07) is 0. The largest absolute Gasteiger partial charge is 0.252 e. The smallest absolute Gasteiger partial charge is 0.242 e. The molecule has 1 aromatic heterocycles. The maximum Gasteiger partial charge on any atom is 0.242 e. The Labute approximate surface area is 52.3 Å². The van der Waals surface area contributed by atoms with E-state index in [1.807, 2.05) is 6.92 Å². The zero-order chi connectivity index (χ0) is 6.15. The Morgan fingerprint density at radius 3 is 2.38 bits per heavy atom.